The van der Waals surface area contributed by atoms with Crippen LogP contribution in [0.2, 0.25) is 0 Å². The highest BCUT2D eigenvalue weighted by Crippen LogP contribution is 2.36. The SMILES string of the molecule is Cc1csc(Sc2ccc(C(=O)NC3CCNC(C)C3)cc2[N+](=O)[O-])n1.Cl. The van der Waals surface area contributed by atoms with Crippen molar-refractivity contribution in [3.8, 4) is 0 Å². The summed E-state index contributed by atoms with van der Waals surface area (Å²) in [6, 6.07) is 5.05. The second-order valence-electron chi connectivity index (χ2n) is 6.35. The first-order valence-corrected chi connectivity index (χ1v) is 10.0. The van der Waals surface area contributed by atoms with Crippen LogP contribution in [0.1, 0.15) is 35.8 Å². The third-order valence-corrected chi connectivity index (χ3v) is 6.29. The average molecular weight is 429 g/mol. The van der Waals surface area contributed by atoms with Gasteiger partial charge in [0.05, 0.1) is 9.82 Å². The van der Waals surface area contributed by atoms with E-state index in [1.54, 1.807) is 12.1 Å². The largest absolute Gasteiger partial charge is 0.349 e. The number of nitro benzene ring substituents is 1. The molecule has 0 radical (unpaired) electrons. The molecule has 0 aliphatic carbocycles. The Hall–Kier alpha value is -1.68. The molecule has 7 nitrogen and oxygen atoms in total. The van der Waals surface area contributed by atoms with Crippen LogP contribution in [0.4, 0.5) is 5.69 Å². The Balaban J connectivity index is 0.00000261. The van der Waals surface area contributed by atoms with E-state index in [2.05, 4.69) is 22.5 Å². The van der Waals surface area contributed by atoms with Gasteiger partial charge in [-0.3, -0.25) is 14.9 Å². The first-order chi connectivity index (χ1) is 12.4. The van der Waals surface area contributed by atoms with Gasteiger partial charge in [0.25, 0.3) is 11.6 Å². The molecule has 1 aliphatic rings. The maximum Gasteiger partial charge on any atom is 0.284 e. The van der Waals surface area contributed by atoms with E-state index in [-0.39, 0.29) is 30.0 Å². The minimum Gasteiger partial charge on any atom is -0.349 e. The molecule has 0 saturated carbocycles. The molecule has 1 fully saturated rings. The Kier molecular flexibility index (Phi) is 7.60. The Bertz CT molecular complexity index is 830. The third-order valence-electron chi connectivity index (χ3n) is 4.17. The maximum atomic E-state index is 12.5. The molecule has 2 atom stereocenters. The molecule has 10 heteroatoms. The Morgan fingerprint density at radius 1 is 1.48 bits per heavy atom. The number of piperidine rings is 1. The monoisotopic (exact) mass is 428 g/mol. The lowest BCUT2D eigenvalue weighted by Crippen LogP contribution is -2.46. The molecule has 2 unspecified atom stereocenters. The number of carbonyl (C=O) groups excluding carboxylic acids is 1. The third kappa shape index (κ3) is 5.65. The number of aromatic nitrogens is 1. The Morgan fingerprint density at radius 3 is 2.89 bits per heavy atom. The molecular formula is C17H21ClN4O3S2. The number of amides is 1. The van der Waals surface area contributed by atoms with E-state index in [9.17, 15) is 14.9 Å². The first kappa shape index (κ1) is 21.6. The van der Waals surface area contributed by atoms with Crippen LogP contribution in [-0.4, -0.2) is 34.4 Å². The van der Waals surface area contributed by atoms with Gasteiger partial charge in [0, 0.05) is 34.8 Å². The van der Waals surface area contributed by atoms with Crippen LogP contribution < -0.4 is 10.6 Å². The van der Waals surface area contributed by atoms with Crippen molar-refractivity contribution in [2.75, 3.05) is 6.54 Å². The van der Waals surface area contributed by atoms with Gasteiger partial charge in [-0.05, 0) is 45.4 Å². The van der Waals surface area contributed by atoms with Crippen molar-refractivity contribution in [1.29, 1.82) is 0 Å². The fourth-order valence-electron chi connectivity index (χ4n) is 2.89. The van der Waals surface area contributed by atoms with Crippen LogP contribution in [-0.2, 0) is 0 Å². The molecule has 1 saturated heterocycles. The van der Waals surface area contributed by atoms with Gasteiger partial charge in [-0.25, -0.2) is 4.98 Å². The lowest BCUT2D eigenvalue weighted by molar-refractivity contribution is -0.387. The number of hydrogen-bond donors (Lipinski definition) is 2. The molecule has 1 aromatic carbocycles. The molecule has 1 aromatic heterocycles. The van der Waals surface area contributed by atoms with Crippen LogP contribution >= 0.6 is 35.5 Å². The van der Waals surface area contributed by atoms with Gasteiger partial charge in [-0.1, -0.05) is 11.8 Å². The lowest BCUT2D eigenvalue weighted by atomic mass is 10.0. The van der Waals surface area contributed by atoms with E-state index in [4.69, 9.17) is 0 Å². The number of rotatable bonds is 5. The smallest absolute Gasteiger partial charge is 0.284 e. The van der Waals surface area contributed by atoms with Gasteiger partial charge < -0.3 is 10.6 Å². The summed E-state index contributed by atoms with van der Waals surface area (Å²) in [6.45, 7) is 4.81. The van der Waals surface area contributed by atoms with Crippen molar-refractivity contribution in [2.24, 2.45) is 0 Å². The quantitative estimate of drug-likeness (QED) is 0.555. The number of carbonyl (C=O) groups is 1. The van der Waals surface area contributed by atoms with Crippen molar-refractivity contribution < 1.29 is 9.72 Å². The van der Waals surface area contributed by atoms with Gasteiger partial charge in [0.15, 0.2) is 4.34 Å². The topological polar surface area (TPSA) is 97.2 Å². The number of halogens is 1. The molecule has 0 bridgehead atoms. The predicted molar refractivity (Wildman–Crippen MR) is 109 cm³/mol. The highest BCUT2D eigenvalue weighted by atomic mass is 35.5. The van der Waals surface area contributed by atoms with Crippen molar-refractivity contribution >= 4 is 47.1 Å². The van der Waals surface area contributed by atoms with E-state index in [1.807, 2.05) is 12.3 Å². The standard InChI is InChI=1S/C17H20N4O3S2.ClH/c1-10-7-13(5-6-18-10)20-16(22)12-3-4-15(14(8-12)21(23)24)26-17-19-11(2)9-25-17;/h3-4,8-10,13,18H,5-7H2,1-2H3,(H,20,22);1H. The van der Waals surface area contributed by atoms with E-state index in [0.29, 0.717) is 16.5 Å². The summed E-state index contributed by atoms with van der Waals surface area (Å²) in [4.78, 5) is 28.3. The van der Waals surface area contributed by atoms with Crippen molar-refractivity contribution in [3.63, 3.8) is 0 Å². The minimum atomic E-state index is -0.452. The molecule has 1 amide bonds. The molecule has 2 heterocycles. The van der Waals surface area contributed by atoms with E-state index < -0.39 is 4.92 Å². The normalized spacial score (nSPS) is 19.2. The van der Waals surface area contributed by atoms with Crippen LogP contribution in [0.5, 0.6) is 0 Å². The van der Waals surface area contributed by atoms with E-state index in [1.165, 1.54) is 29.2 Å². The highest BCUT2D eigenvalue weighted by molar-refractivity contribution is 8.01. The van der Waals surface area contributed by atoms with Gasteiger partial charge in [0.2, 0.25) is 0 Å². The molecule has 2 N–H and O–H groups in total. The van der Waals surface area contributed by atoms with Gasteiger partial charge >= 0.3 is 0 Å². The summed E-state index contributed by atoms with van der Waals surface area (Å²) in [5, 5.41) is 19.7. The van der Waals surface area contributed by atoms with Gasteiger partial charge in [-0.15, -0.1) is 23.7 Å². The minimum absolute atomic E-state index is 0. The molecule has 27 heavy (non-hydrogen) atoms. The number of nitro groups is 1. The number of nitrogens with zero attached hydrogens (tertiary/aromatic N) is 2. The van der Waals surface area contributed by atoms with Crippen molar-refractivity contribution in [1.82, 2.24) is 15.6 Å². The van der Waals surface area contributed by atoms with E-state index >= 15 is 0 Å². The molecule has 0 spiro atoms. The number of thiazole rings is 1. The second kappa shape index (κ2) is 9.50. The summed E-state index contributed by atoms with van der Waals surface area (Å²) in [7, 11) is 0. The van der Waals surface area contributed by atoms with Crippen molar-refractivity contribution in [2.45, 2.75) is 48.0 Å². The van der Waals surface area contributed by atoms with Crippen LogP contribution in [0.25, 0.3) is 0 Å². The molecular weight excluding hydrogens is 408 g/mol. The molecule has 1 aliphatic heterocycles. The van der Waals surface area contributed by atoms with E-state index in [0.717, 1.165) is 29.4 Å². The van der Waals surface area contributed by atoms with Crippen LogP contribution in [0, 0.1) is 17.0 Å². The summed E-state index contributed by atoms with van der Waals surface area (Å²) < 4.78 is 0.742. The van der Waals surface area contributed by atoms with Crippen LogP contribution in [0.15, 0.2) is 32.8 Å². The molecule has 3 rings (SSSR count). The fraction of sp³-hybridized carbons (Fsp3) is 0.412. The predicted octanol–water partition coefficient (Wildman–Crippen LogP) is 3.80. The van der Waals surface area contributed by atoms with Gasteiger partial charge in [0.1, 0.15) is 0 Å². The molecule has 2 aromatic rings. The zero-order valence-corrected chi connectivity index (χ0v) is 17.4. The number of hydrogen-bond acceptors (Lipinski definition) is 7. The zero-order chi connectivity index (χ0) is 18.7. The average Bonchev–Trinajstić information content (AvgIpc) is 3.00. The number of aryl methyl sites for hydroxylation is 1. The zero-order valence-electron chi connectivity index (χ0n) is 14.9. The highest BCUT2D eigenvalue weighted by Gasteiger charge is 2.23. The fourth-order valence-corrected chi connectivity index (χ4v) is 4.77. The maximum absolute atomic E-state index is 12.5. The molecule has 146 valence electrons. The Morgan fingerprint density at radius 2 is 2.26 bits per heavy atom. The van der Waals surface area contributed by atoms with Crippen molar-refractivity contribution in [3.05, 3.63) is 45.0 Å². The lowest BCUT2D eigenvalue weighted by Gasteiger charge is -2.28. The first-order valence-electron chi connectivity index (χ1n) is 8.35. The number of benzene rings is 1. The summed E-state index contributed by atoms with van der Waals surface area (Å²) in [5.41, 5.74) is 1.11. The summed E-state index contributed by atoms with van der Waals surface area (Å²) >= 11 is 2.69. The summed E-state index contributed by atoms with van der Waals surface area (Å²) in [6.07, 6.45) is 1.71. The van der Waals surface area contributed by atoms with Crippen LogP contribution in [0.3, 0.4) is 0 Å². The van der Waals surface area contributed by atoms with Gasteiger partial charge in [-0.2, -0.15) is 0 Å². The Labute approximate surface area is 171 Å². The number of nitrogens with one attached hydrogen (secondary N) is 2. The summed E-state index contributed by atoms with van der Waals surface area (Å²) in [5.74, 6) is -0.270. The second-order valence-corrected chi connectivity index (χ2v) is 8.49.